The number of Topliss-reactive ketones (excluding diaryl/α,β-unsaturated/α-hetero) is 1. The van der Waals surface area contributed by atoms with Crippen LogP contribution in [0.1, 0.15) is 23.1 Å². The van der Waals surface area contributed by atoms with Gasteiger partial charge in [0.2, 0.25) is 0 Å². The van der Waals surface area contributed by atoms with Crippen LogP contribution in [0.3, 0.4) is 0 Å². The van der Waals surface area contributed by atoms with E-state index in [9.17, 15) is 14.7 Å². The summed E-state index contributed by atoms with van der Waals surface area (Å²) in [5.41, 5.74) is 8.95. The minimum Gasteiger partial charge on any atom is -0.510 e. The topological polar surface area (TPSA) is 102 Å². The predicted octanol–water partition coefficient (Wildman–Crippen LogP) is 3.65. The SMILES string of the molecule is NC(Cc1ccc(OCc2ccccc2)cc1)/C(O)=C1\C(=O)NC(CCc2ccccc2)C1=O. The van der Waals surface area contributed by atoms with E-state index in [1.54, 1.807) is 0 Å². The van der Waals surface area contributed by atoms with Gasteiger partial charge in [-0.25, -0.2) is 0 Å². The molecule has 6 heteroatoms. The molecule has 34 heavy (non-hydrogen) atoms. The molecular formula is C28H28N2O4. The number of hydrogen-bond acceptors (Lipinski definition) is 5. The summed E-state index contributed by atoms with van der Waals surface area (Å²) in [6, 6.07) is 25.5. The predicted molar refractivity (Wildman–Crippen MR) is 130 cm³/mol. The van der Waals surface area contributed by atoms with Crippen molar-refractivity contribution in [2.45, 2.75) is 38.0 Å². The number of aryl methyl sites for hydroxylation is 1. The first-order valence-corrected chi connectivity index (χ1v) is 11.3. The molecule has 3 aromatic rings. The number of benzene rings is 3. The van der Waals surface area contributed by atoms with Crippen LogP contribution in [-0.4, -0.2) is 28.9 Å². The normalized spacial score (nSPS) is 17.9. The average molecular weight is 457 g/mol. The largest absolute Gasteiger partial charge is 0.510 e. The van der Waals surface area contributed by atoms with E-state index in [1.165, 1.54) is 0 Å². The highest BCUT2D eigenvalue weighted by atomic mass is 16.5. The number of nitrogens with one attached hydrogen (secondary N) is 1. The maximum absolute atomic E-state index is 12.8. The first-order valence-electron chi connectivity index (χ1n) is 11.3. The van der Waals surface area contributed by atoms with Crippen LogP contribution in [0.5, 0.6) is 5.75 Å². The summed E-state index contributed by atoms with van der Waals surface area (Å²) in [6.45, 7) is 0.468. The van der Waals surface area contributed by atoms with E-state index in [4.69, 9.17) is 10.5 Å². The molecule has 4 rings (SSSR count). The van der Waals surface area contributed by atoms with Crippen molar-refractivity contribution in [2.75, 3.05) is 0 Å². The number of nitrogens with two attached hydrogens (primary N) is 1. The Labute approximate surface area is 199 Å². The van der Waals surface area contributed by atoms with Crippen LogP contribution in [-0.2, 0) is 29.0 Å². The van der Waals surface area contributed by atoms with Crippen molar-refractivity contribution in [3.8, 4) is 5.75 Å². The molecule has 2 atom stereocenters. The number of rotatable bonds is 9. The molecule has 0 radical (unpaired) electrons. The number of ketones is 1. The number of hydrogen-bond donors (Lipinski definition) is 3. The van der Waals surface area contributed by atoms with E-state index in [1.807, 2.05) is 84.9 Å². The Morgan fingerprint density at radius 3 is 2.15 bits per heavy atom. The molecule has 0 aromatic heterocycles. The lowest BCUT2D eigenvalue weighted by Crippen LogP contribution is -2.29. The highest BCUT2D eigenvalue weighted by Crippen LogP contribution is 2.21. The molecule has 0 saturated carbocycles. The second-order valence-corrected chi connectivity index (χ2v) is 8.40. The smallest absolute Gasteiger partial charge is 0.259 e. The first kappa shape index (κ1) is 23.3. The zero-order valence-electron chi connectivity index (χ0n) is 18.8. The Kier molecular flexibility index (Phi) is 7.40. The molecule has 0 bridgehead atoms. The number of aliphatic hydroxyl groups is 1. The third-order valence-electron chi connectivity index (χ3n) is 5.89. The lowest BCUT2D eigenvalue weighted by Gasteiger charge is -2.13. The molecule has 1 fully saturated rings. The summed E-state index contributed by atoms with van der Waals surface area (Å²) < 4.78 is 5.79. The number of carbonyl (C=O) groups is 2. The van der Waals surface area contributed by atoms with Gasteiger partial charge in [0.15, 0.2) is 5.78 Å². The van der Waals surface area contributed by atoms with Crippen LogP contribution in [0.2, 0.25) is 0 Å². The number of ether oxygens (including phenoxy) is 1. The van der Waals surface area contributed by atoms with Crippen LogP contribution in [0.4, 0.5) is 0 Å². The van der Waals surface area contributed by atoms with Crippen molar-refractivity contribution >= 4 is 11.7 Å². The fourth-order valence-electron chi connectivity index (χ4n) is 3.98. The summed E-state index contributed by atoms with van der Waals surface area (Å²) in [5, 5.41) is 13.3. The third-order valence-corrected chi connectivity index (χ3v) is 5.89. The molecule has 174 valence electrons. The first-order chi connectivity index (χ1) is 16.5. The summed E-state index contributed by atoms with van der Waals surface area (Å²) in [5.74, 6) is -0.622. The van der Waals surface area contributed by atoms with Gasteiger partial charge in [-0.15, -0.1) is 0 Å². The molecule has 0 spiro atoms. The summed E-state index contributed by atoms with van der Waals surface area (Å²) >= 11 is 0. The van der Waals surface area contributed by atoms with E-state index in [0.29, 0.717) is 19.4 Å². The quantitative estimate of drug-likeness (QED) is 0.259. The highest BCUT2D eigenvalue weighted by Gasteiger charge is 2.39. The Morgan fingerprint density at radius 1 is 0.882 bits per heavy atom. The average Bonchev–Trinajstić information content (AvgIpc) is 3.15. The standard InChI is InChI=1S/C28H28N2O4/c29-23(17-20-11-14-22(15-12-20)34-18-21-9-5-2-6-10-21)26(31)25-27(32)24(30-28(25)33)16-13-19-7-3-1-4-8-19/h1-12,14-15,23-24,31H,13,16-18,29H2,(H,30,33)/b26-25+. The monoisotopic (exact) mass is 456 g/mol. The van der Waals surface area contributed by atoms with E-state index in [-0.39, 0.29) is 17.8 Å². The van der Waals surface area contributed by atoms with E-state index < -0.39 is 23.8 Å². The van der Waals surface area contributed by atoms with Gasteiger partial charge in [0.25, 0.3) is 5.91 Å². The van der Waals surface area contributed by atoms with E-state index in [2.05, 4.69) is 5.32 Å². The second-order valence-electron chi connectivity index (χ2n) is 8.40. The second kappa shape index (κ2) is 10.8. The summed E-state index contributed by atoms with van der Waals surface area (Å²) in [4.78, 5) is 25.2. The van der Waals surface area contributed by atoms with Crippen LogP contribution in [0, 0.1) is 0 Å². The Morgan fingerprint density at radius 2 is 1.50 bits per heavy atom. The molecule has 4 N–H and O–H groups in total. The van der Waals surface area contributed by atoms with Crippen molar-refractivity contribution in [2.24, 2.45) is 5.73 Å². The van der Waals surface area contributed by atoms with Gasteiger partial charge in [-0.1, -0.05) is 72.8 Å². The van der Waals surface area contributed by atoms with Crippen molar-refractivity contribution < 1.29 is 19.4 Å². The molecule has 1 aliphatic heterocycles. The molecule has 0 aliphatic carbocycles. The van der Waals surface area contributed by atoms with Crippen LogP contribution < -0.4 is 15.8 Å². The molecule has 1 aliphatic rings. The van der Waals surface area contributed by atoms with Gasteiger partial charge >= 0.3 is 0 Å². The zero-order valence-corrected chi connectivity index (χ0v) is 18.8. The van der Waals surface area contributed by atoms with Gasteiger partial charge in [0.05, 0.1) is 12.1 Å². The van der Waals surface area contributed by atoms with Crippen LogP contribution in [0.15, 0.2) is 96.3 Å². The third kappa shape index (κ3) is 5.71. The van der Waals surface area contributed by atoms with Crippen LogP contribution >= 0.6 is 0 Å². The van der Waals surface area contributed by atoms with Crippen molar-refractivity contribution in [1.29, 1.82) is 0 Å². The number of carbonyl (C=O) groups excluding carboxylic acids is 2. The van der Waals surface area contributed by atoms with Gasteiger partial charge in [-0.3, -0.25) is 9.59 Å². The molecule has 3 aromatic carbocycles. The van der Waals surface area contributed by atoms with Crippen LogP contribution in [0.25, 0.3) is 0 Å². The fourth-order valence-corrected chi connectivity index (χ4v) is 3.98. The highest BCUT2D eigenvalue weighted by molar-refractivity contribution is 6.26. The van der Waals surface area contributed by atoms with Crippen molar-refractivity contribution in [3.05, 3.63) is 113 Å². The Hall–Kier alpha value is -3.90. The van der Waals surface area contributed by atoms with E-state index >= 15 is 0 Å². The lowest BCUT2D eigenvalue weighted by molar-refractivity contribution is -0.117. The minimum atomic E-state index is -0.867. The molecular weight excluding hydrogens is 428 g/mol. The maximum atomic E-state index is 12.8. The number of aliphatic hydroxyl groups excluding tert-OH is 1. The lowest BCUT2D eigenvalue weighted by atomic mass is 9.97. The molecule has 1 amide bonds. The van der Waals surface area contributed by atoms with Crippen molar-refractivity contribution in [3.63, 3.8) is 0 Å². The van der Waals surface area contributed by atoms with Crippen molar-refractivity contribution in [1.82, 2.24) is 5.32 Å². The molecule has 6 nitrogen and oxygen atoms in total. The Bertz CT molecular complexity index is 1160. The molecule has 1 heterocycles. The Balaban J connectivity index is 1.35. The zero-order chi connectivity index (χ0) is 23.9. The maximum Gasteiger partial charge on any atom is 0.259 e. The molecule has 1 saturated heterocycles. The number of amides is 1. The van der Waals surface area contributed by atoms with Gasteiger partial charge in [-0.2, -0.15) is 0 Å². The van der Waals surface area contributed by atoms with Gasteiger partial charge in [0.1, 0.15) is 23.7 Å². The summed E-state index contributed by atoms with van der Waals surface area (Å²) in [7, 11) is 0. The summed E-state index contributed by atoms with van der Waals surface area (Å²) in [6.07, 6.45) is 1.39. The minimum absolute atomic E-state index is 0.228. The van der Waals surface area contributed by atoms with Gasteiger partial charge in [0, 0.05) is 0 Å². The van der Waals surface area contributed by atoms with Gasteiger partial charge < -0.3 is 20.9 Å². The van der Waals surface area contributed by atoms with Gasteiger partial charge in [-0.05, 0) is 48.1 Å². The fraction of sp³-hybridized carbons (Fsp3) is 0.214. The van der Waals surface area contributed by atoms with E-state index in [0.717, 1.165) is 22.4 Å². The molecule has 2 unspecified atom stereocenters.